The van der Waals surface area contributed by atoms with E-state index in [1.807, 2.05) is 30.3 Å². The first-order chi connectivity index (χ1) is 8.81. The molecule has 0 atom stereocenters. The van der Waals surface area contributed by atoms with Gasteiger partial charge in [0.05, 0.1) is 5.75 Å². The largest absolute Gasteiger partial charge is 0.440 e. The highest BCUT2D eigenvalue weighted by molar-refractivity contribution is 7.98. The third-order valence-corrected chi connectivity index (χ3v) is 3.46. The Bertz CT molecular complexity index is 666. The maximum Gasteiger partial charge on any atom is 0.205 e. The quantitative estimate of drug-likeness (QED) is 0.577. The summed E-state index contributed by atoms with van der Waals surface area (Å²) in [5.41, 5.74) is 7.98. The summed E-state index contributed by atoms with van der Waals surface area (Å²) in [6.07, 6.45) is 3.55. The summed E-state index contributed by atoms with van der Waals surface area (Å²) in [6, 6.07) is 9.40. The summed E-state index contributed by atoms with van der Waals surface area (Å²) >= 11 is 1.67. The van der Waals surface area contributed by atoms with Crippen LogP contribution in [0.3, 0.4) is 0 Å². The Morgan fingerprint density at radius 2 is 2.00 bits per heavy atom. The van der Waals surface area contributed by atoms with Crippen molar-refractivity contribution in [3.63, 3.8) is 0 Å². The van der Waals surface area contributed by atoms with Gasteiger partial charge in [-0.1, -0.05) is 0 Å². The molecule has 90 valence electrons. The fraction of sp³-hybridized carbons (Fsp3) is 0.0769. The molecule has 0 aliphatic heterocycles. The first-order valence-electron chi connectivity index (χ1n) is 5.49. The normalized spacial score (nSPS) is 10.9. The Balaban J connectivity index is 1.79. The second kappa shape index (κ2) is 4.70. The number of oxazole rings is 1. The number of rotatable bonds is 3. The number of fused-ring (bicyclic) bond motifs is 1. The zero-order chi connectivity index (χ0) is 12.4. The van der Waals surface area contributed by atoms with E-state index in [2.05, 4.69) is 9.97 Å². The molecule has 0 aliphatic carbocycles. The van der Waals surface area contributed by atoms with Crippen molar-refractivity contribution in [1.29, 1.82) is 0 Å². The Morgan fingerprint density at radius 1 is 1.17 bits per heavy atom. The molecule has 0 radical (unpaired) electrons. The van der Waals surface area contributed by atoms with Crippen molar-refractivity contribution in [2.45, 2.75) is 10.6 Å². The lowest BCUT2D eigenvalue weighted by atomic mass is 10.3. The van der Waals surface area contributed by atoms with Gasteiger partial charge >= 0.3 is 0 Å². The highest BCUT2D eigenvalue weighted by atomic mass is 32.2. The van der Waals surface area contributed by atoms with Crippen molar-refractivity contribution in [3.8, 4) is 0 Å². The molecule has 3 rings (SSSR count). The number of benzene rings is 1. The topological polar surface area (TPSA) is 64.9 Å². The number of anilines is 1. The average Bonchev–Trinajstić information content (AvgIpc) is 2.79. The van der Waals surface area contributed by atoms with Gasteiger partial charge in [-0.05, 0) is 30.3 Å². The molecule has 2 aromatic heterocycles. The fourth-order valence-electron chi connectivity index (χ4n) is 1.63. The Kier molecular flexibility index (Phi) is 2.90. The standard InChI is InChI=1S/C13H11N3OS/c14-9-1-2-12-11(7-9)16-13(17-12)8-18-10-3-5-15-6-4-10/h1-7H,8,14H2. The predicted octanol–water partition coefficient (Wildman–Crippen LogP) is 3.10. The highest BCUT2D eigenvalue weighted by Crippen LogP contribution is 2.24. The number of nitrogens with two attached hydrogens (primary N) is 1. The van der Waals surface area contributed by atoms with E-state index in [1.165, 1.54) is 0 Å². The maximum atomic E-state index is 5.70. The van der Waals surface area contributed by atoms with E-state index in [9.17, 15) is 0 Å². The van der Waals surface area contributed by atoms with Crippen molar-refractivity contribution in [2.75, 3.05) is 5.73 Å². The van der Waals surface area contributed by atoms with Gasteiger partial charge in [0, 0.05) is 23.0 Å². The number of nitrogens with zero attached hydrogens (tertiary/aromatic N) is 2. The van der Waals surface area contributed by atoms with E-state index < -0.39 is 0 Å². The molecule has 0 saturated carbocycles. The molecule has 2 N–H and O–H groups in total. The van der Waals surface area contributed by atoms with Crippen LogP contribution in [0.25, 0.3) is 11.1 Å². The summed E-state index contributed by atoms with van der Waals surface area (Å²) in [7, 11) is 0. The number of thioether (sulfide) groups is 1. The molecular weight excluding hydrogens is 246 g/mol. The number of hydrogen-bond donors (Lipinski definition) is 1. The van der Waals surface area contributed by atoms with Gasteiger partial charge in [-0.2, -0.15) is 0 Å². The lowest BCUT2D eigenvalue weighted by molar-refractivity contribution is 0.556. The molecule has 1 aromatic carbocycles. The molecular formula is C13H11N3OS. The lowest BCUT2D eigenvalue weighted by Gasteiger charge is -1.96. The molecule has 0 unspecified atom stereocenters. The lowest BCUT2D eigenvalue weighted by Crippen LogP contribution is -1.82. The van der Waals surface area contributed by atoms with Crippen LogP contribution in [-0.2, 0) is 5.75 Å². The van der Waals surface area contributed by atoms with Gasteiger partial charge in [0.25, 0.3) is 0 Å². The third-order valence-electron chi connectivity index (χ3n) is 2.47. The summed E-state index contributed by atoms with van der Waals surface area (Å²) in [5, 5.41) is 0. The van der Waals surface area contributed by atoms with Crippen molar-refractivity contribution < 1.29 is 4.42 Å². The number of aromatic nitrogens is 2. The Labute approximate surface area is 108 Å². The van der Waals surface area contributed by atoms with Crippen LogP contribution in [0.2, 0.25) is 0 Å². The Morgan fingerprint density at radius 3 is 2.83 bits per heavy atom. The third kappa shape index (κ3) is 2.31. The van der Waals surface area contributed by atoms with Crippen LogP contribution in [-0.4, -0.2) is 9.97 Å². The van der Waals surface area contributed by atoms with E-state index in [1.54, 1.807) is 24.2 Å². The molecule has 0 bridgehead atoms. The van der Waals surface area contributed by atoms with Crippen molar-refractivity contribution in [3.05, 3.63) is 48.6 Å². The van der Waals surface area contributed by atoms with Gasteiger partial charge in [-0.15, -0.1) is 11.8 Å². The van der Waals surface area contributed by atoms with E-state index in [4.69, 9.17) is 10.2 Å². The van der Waals surface area contributed by atoms with Crippen molar-refractivity contribution >= 4 is 28.5 Å². The molecule has 0 aliphatic rings. The molecule has 0 fully saturated rings. The number of hydrogen-bond acceptors (Lipinski definition) is 5. The Hall–Kier alpha value is -2.01. The van der Waals surface area contributed by atoms with Gasteiger partial charge < -0.3 is 10.2 Å². The summed E-state index contributed by atoms with van der Waals surface area (Å²) in [4.78, 5) is 9.53. The van der Waals surface area contributed by atoms with Crippen LogP contribution in [0.4, 0.5) is 5.69 Å². The first kappa shape index (κ1) is 11.1. The highest BCUT2D eigenvalue weighted by Gasteiger charge is 2.06. The van der Waals surface area contributed by atoms with Gasteiger partial charge in [-0.3, -0.25) is 4.98 Å². The SMILES string of the molecule is Nc1ccc2oc(CSc3ccncc3)nc2c1. The average molecular weight is 257 g/mol. The summed E-state index contributed by atoms with van der Waals surface area (Å²) in [6.45, 7) is 0. The van der Waals surface area contributed by atoms with E-state index in [-0.39, 0.29) is 0 Å². The molecule has 0 saturated heterocycles. The van der Waals surface area contributed by atoms with Gasteiger partial charge in [-0.25, -0.2) is 4.98 Å². The minimum Gasteiger partial charge on any atom is -0.440 e. The minimum atomic E-state index is 0.693. The zero-order valence-electron chi connectivity index (χ0n) is 9.54. The number of pyridine rings is 1. The van der Waals surface area contributed by atoms with E-state index in [0.29, 0.717) is 17.3 Å². The minimum absolute atomic E-state index is 0.693. The molecule has 0 amide bonds. The van der Waals surface area contributed by atoms with Crippen LogP contribution in [0.1, 0.15) is 5.89 Å². The second-order valence-electron chi connectivity index (χ2n) is 3.81. The van der Waals surface area contributed by atoms with Gasteiger partial charge in [0.2, 0.25) is 5.89 Å². The maximum absolute atomic E-state index is 5.70. The van der Waals surface area contributed by atoms with Gasteiger partial charge in [0.1, 0.15) is 5.52 Å². The summed E-state index contributed by atoms with van der Waals surface area (Å²) < 4.78 is 5.64. The molecule has 0 spiro atoms. The molecule has 18 heavy (non-hydrogen) atoms. The van der Waals surface area contributed by atoms with Crippen LogP contribution in [0, 0.1) is 0 Å². The predicted molar refractivity (Wildman–Crippen MR) is 72.2 cm³/mol. The molecule has 5 heteroatoms. The first-order valence-corrected chi connectivity index (χ1v) is 6.47. The van der Waals surface area contributed by atoms with Crippen LogP contribution in [0.15, 0.2) is 52.0 Å². The molecule has 4 nitrogen and oxygen atoms in total. The second-order valence-corrected chi connectivity index (χ2v) is 4.86. The van der Waals surface area contributed by atoms with Crippen molar-refractivity contribution in [1.82, 2.24) is 9.97 Å². The molecule has 2 heterocycles. The summed E-state index contributed by atoms with van der Waals surface area (Å²) in [5.74, 6) is 1.40. The van der Waals surface area contributed by atoms with E-state index in [0.717, 1.165) is 16.0 Å². The van der Waals surface area contributed by atoms with Crippen LogP contribution in [0.5, 0.6) is 0 Å². The van der Waals surface area contributed by atoms with Crippen LogP contribution >= 0.6 is 11.8 Å². The monoisotopic (exact) mass is 257 g/mol. The van der Waals surface area contributed by atoms with E-state index >= 15 is 0 Å². The van der Waals surface area contributed by atoms with Crippen molar-refractivity contribution in [2.24, 2.45) is 0 Å². The molecule has 3 aromatic rings. The number of nitrogen functional groups attached to an aromatic ring is 1. The zero-order valence-corrected chi connectivity index (χ0v) is 10.4. The fourth-order valence-corrected chi connectivity index (χ4v) is 2.36. The van der Waals surface area contributed by atoms with Crippen LogP contribution < -0.4 is 5.73 Å². The smallest absolute Gasteiger partial charge is 0.205 e. The van der Waals surface area contributed by atoms with Gasteiger partial charge in [0.15, 0.2) is 5.58 Å².